The summed E-state index contributed by atoms with van der Waals surface area (Å²) in [6.07, 6.45) is 5.29. The Balaban J connectivity index is 1.92. The van der Waals surface area contributed by atoms with Gasteiger partial charge in [-0.3, -0.25) is 19.4 Å². The fourth-order valence-electron chi connectivity index (χ4n) is 6.54. The van der Waals surface area contributed by atoms with Gasteiger partial charge in [-0.2, -0.15) is 0 Å². The van der Waals surface area contributed by atoms with Crippen LogP contribution in [0.4, 0.5) is 0 Å². The molecule has 1 heterocycles. The smallest absolute Gasteiger partial charge is 0.340 e. The van der Waals surface area contributed by atoms with Crippen LogP contribution in [0.15, 0.2) is 78.7 Å². The summed E-state index contributed by atoms with van der Waals surface area (Å²) in [5.41, 5.74) is -1.46. The van der Waals surface area contributed by atoms with Crippen LogP contribution in [0.1, 0.15) is 82.0 Å². The molecule has 47 heavy (non-hydrogen) atoms. The van der Waals surface area contributed by atoms with Gasteiger partial charge < -0.3 is 18.9 Å². The first kappa shape index (κ1) is 35.3. The minimum absolute atomic E-state index is 0.148. The van der Waals surface area contributed by atoms with Crippen molar-refractivity contribution in [1.29, 1.82) is 0 Å². The molecule has 0 spiro atoms. The first-order valence-electron chi connectivity index (χ1n) is 15.8. The fraction of sp³-hybridized carbons (Fsp3) is 0.459. The number of hydrogen-bond acceptors (Lipinski definition) is 10. The number of pyridine rings is 1. The van der Waals surface area contributed by atoms with Crippen LogP contribution in [-0.4, -0.2) is 58.6 Å². The maximum atomic E-state index is 13.7. The van der Waals surface area contributed by atoms with Crippen molar-refractivity contribution in [3.63, 3.8) is 0 Å². The van der Waals surface area contributed by atoms with Crippen molar-refractivity contribution in [2.24, 2.45) is 23.2 Å². The number of ether oxygens (including phenoxy) is 4. The van der Waals surface area contributed by atoms with Crippen LogP contribution < -0.4 is 0 Å². The Morgan fingerprint density at radius 2 is 1.53 bits per heavy atom. The van der Waals surface area contributed by atoms with Crippen molar-refractivity contribution in [1.82, 2.24) is 4.98 Å². The number of aromatic nitrogens is 1. The molecule has 0 N–H and O–H groups in total. The Labute approximate surface area is 275 Å². The maximum Gasteiger partial charge on any atom is 0.340 e. The Morgan fingerprint density at radius 1 is 0.872 bits per heavy atom. The molecule has 0 bridgehead atoms. The van der Waals surface area contributed by atoms with E-state index in [-0.39, 0.29) is 30.1 Å². The van der Waals surface area contributed by atoms with Crippen molar-refractivity contribution in [2.75, 3.05) is 0 Å². The minimum atomic E-state index is -1.49. The van der Waals surface area contributed by atoms with Crippen molar-refractivity contribution in [3.05, 3.63) is 89.8 Å². The van der Waals surface area contributed by atoms with Gasteiger partial charge >= 0.3 is 23.9 Å². The molecule has 1 fully saturated rings. The van der Waals surface area contributed by atoms with Gasteiger partial charge in [0.2, 0.25) is 0 Å². The van der Waals surface area contributed by atoms with E-state index >= 15 is 0 Å². The molecule has 1 aromatic heterocycles. The van der Waals surface area contributed by atoms with Crippen LogP contribution in [0.2, 0.25) is 0 Å². The maximum absolute atomic E-state index is 13.7. The van der Waals surface area contributed by atoms with E-state index in [9.17, 15) is 24.0 Å². The molecule has 0 aliphatic heterocycles. The average Bonchev–Trinajstić information content (AvgIpc) is 3.27. The molecule has 2 aliphatic rings. The third-order valence-corrected chi connectivity index (χ3v) is 8.96. The number of rotatable bonds is 6. The molecule has 10 nitrogen and oxygen atoms in total. The van der Waals surface area contributed by atoms with Crippen molar-refractivity contribution in [3.8, 4) is 0 Å². The molecule has 0 amide bonds. The van der Waals surface area contributed by atoms with E-state index in [0.717, 1.165) is 0 Å². The van der Waals surface area contributed by atoms with Crippen LogP contribution in [-0.2, 0) is 33.3 Å². The summed E-state index contributed by atoms with van der Waals surface area (Å²) in [4.78, 5) is 70.0. The number of esters is 4. The van der Waals surface area contributed by atoms with E-state index < -0.39 is 65.0 Å². The van der Waals surface area contributed by atoms with Crippen LogP contribution in [0.3, 0.4) is 0 Å². The Morgan fingerprint density at radius 3 is 2.15 bits per heavy atom. The third-order valence-electron chi connectivity index (χ3n) is 8.96. The van der Waals surface area contributed by atoms with Crippen LogP contribution in [0.25, 0.3) is 0 Å². The quantitative estimate of drug-likeness (QED) is 0.214. The highest BCUT2D eigenvalue weighted by molar-refractivity contribution is 5.91. The number of benzene rings is 1. The lowest BCUT2D eigenvalue weighted by atomic mass is 9.75. The van der Waals surface area contributed by atoms with Gasteiger partial charge in [-0.1, -0.05) is 50.3 Å². The summed E-state index contributed by atoms with van der Waals surface area (Å²) >= 11 is 0. The van der Waals surface area contributed by atoms with Crippen molar-refractivity contribution < 1.29 is 42.9 Å². The fourth-order valence-corrected chi connectivity index (χ4v) is 6.54. The van der Waals surface area contributed by atoms with Gasteiger partial charge in [-0.05, 0) is 62.9 Å². The summed E-state index contributed by atoms with van der Waals surface area (Å²) in [6.45, 7) is 11.5. The average molecular weight is 646 g/mol. The Kier molecular flexibility index (Phi) is 10.8. The van der Waals surface area contributed by atoms with Gasteiger partial charge in [0.15, 0.2) is 5.60 Å². The number of carbonyl (C=O) groups excluding carboxylic acids is 5. The lowest BCUT2D eigenvalue weighted by Gasteiger charge is -2.43. The number of hydrogen-bond donors (Lipinski definition) is 0. The molecular weight excluding hydrogens is 602 g/mol. The zero-order valence-corrected chi connectivity index (χ0v) is 27.9. The summed E-state index contributed by atoms with van der Waals surface area (Å²) in [7, 11) is 0. The van der Waals surface area contributed by atoms with Crippen LogP contribution >= 0.6 is 0 Å². The molecular formula is C37H43NO9. The van der Waals surface area contributed by atoms with Gasteiger partial charge in [0, 0.05) is 44.0 Å². The standard InChI is InChI=1S/C37H43NO9/c1-22-15-16-36(6,7)31(41)19-30(45-35(43)28-14-11-17-38-21-28)23(2)18-29-32(46-34(42)27-12-9-8-10-13-27)24(3)20-37(29,47-26(5)40)33(22)44-25(4)39/h8-18,21-22,24,29-30,32-33H,19-20H2,1-7H3/b16-15+,23-18+/t22-,24-,29+,30-,32+,33-,37-/m1/s1. The monoisotopic (exact) mass is 645 g/mol. The second-order valence-corrected chi connectivity index (χ2v) is 13.1. The first-order valence-corrected chi connectivity index (χ1v) is 15.8. The normalized spacial score (nSPS) is 30.6. The summed E-state index contributed by atoms with van der Waals surface area (Å²) in [5, 5.41) is 0. The van der Waals surface area contributed by atoms with Gasteiger partial charge in [-0.15, -0.1) is 0 Å². The minimum Gasteiger partial charge on any atom is -0.458 e. The lowest BCUT2D eigenvalue weighted by molar-refractivity contribution is -0.195. The predicted octanol–water partition coefficient (Wildman–Crippen LogP) is 5.86. The number of ketones is 1. The summed E-state index contributed by atoms with van der Waals surface area (Å²) < 4.78 is 24.3. The lowest BCUT2D eigenvalue weighted by Crippen LogP contribution is -2.55. The van der Waals surface area contributed by atoms with E-state index in [1.54, 1.807) is 81.5 Å². The molecule has 10 heteroatoms. The molecule has 0 saturated heterocycles. The van der Waals surface area contributed by atoms with Gasteiger partial charge in [0.25, 0.3) is 0 Å². The molecule has 2 aliphatic carbocycles. The number of nitrogens with zero attached hydrogens (tertiary/aromatic N) is 1. The topological polar surface area (TPSA) is 135 Å². The molecule has 0 radical (unpaired) electrons. The molecule has 2 aromatic rings. The highest BCUT2D eigenvalue weighted by Gasteiger charge is 2.62. The molecule has 1 saturated carbocycles. The second kappa shape index (κ2) is 14.4. The van der Waals surface area contributed by atoms with E-state index in [1.165, 1.54) is 26.2 Å². The number of allylic oxidation sites excluding steroid dienone is 1. The molecule has 250 valence electrons. The summed E-state index contributed by atoms with van der Waals surface area (Å²) in [6, 6.07) is 11.7. The van der Waals surface area contributed by atoms with Gasteiger partial charge in [-0.25, -0.2) is 9.59 Å². The van der Waals surface area contributed by atoms with E-state index in [2.05, 4.69) is 4.98 Å². The highest BCUT2D eigenvalue weighted by atomic mass is 16.6. The molecule has 7 atom stereocenters. The first-order chi connectivity index (χ1) is 22.1. The van der Waals surface area contributed by atoms with E-state index in [4.69, 9.17) is 18.9 Å². The van der Waals surface area contributed by atoms with Crippen molar-refractivity contribution in [2.45, 2.75) is 85.2 Å². The zero-order valence-electron chi connectivity index (χ0n) is 27.9. The second-order valence-electron chi connectivity index (χ2n) is 13.1. The SMILES string of the molecule is CC(=O)O[C@@H]1[C@H](C)/C=C/C(C)(C)C(=O)C[C@@H](OC(=O)c2cccnc2)/C(C)=C/[C@H]2[C@@H](OC(=O)c3ccccc3)[C@H](C)C[C@]12OC(C)=O. The largest absolute Gasteiger partial charge is 0.458 e. The Hall–Kier alpha value is -4.60. The zero-order chi connectivity index (χ0) is 34.5. The Bertz CT molecular complexity index is 1550. The number of carbonyl (C=O) groups is 5. The van der Waals surface area contributed by atoms with Crippen molar-refractivity contribution >= 4 is 29.7 Å². The number of Topliss-reactive ketones (excluding diaryl/α,β-unsaturated/α-hetero) is 1. The van der Waals surface area contributed by atoms with E-state index in [1.807, 2.05) is 13.8 Å². The van der Waals surface area contributed by atoms with Gasteiger partial charge in [0.05, 0.1) is 17.0 Å². The molecule has 1 aromatic carbocycles. The third kappa shape index (κ3) is 8.04. The van der Waals surface area contributed by atoms with Gasteiger partial charge in [0.1, 0.15) is 24.1 Å². The highest BCUT2D eigenvalue weighted by Crippen LogP contribution is 2.51. The predicted molar refractivity (Wildman–Crippen MR) is 172 cm³/mol. The van der Waals surface area contributed by atoms with Crippen LogP contribution in [0.5, 0.6) is 0 Å². The van der Waals surface area contributed by atoms with E-state index in [0.29, 0.717) is 11.1 Å². The van der Waals surface area contributed by atoms with Crippen LogP contribution in [0, 0.1) is 23.2 Å². The number of fused-ring (bicyclic) bond motifs is 1. The molecule has 4 rings (SSSR count). The molecule has 0 unspecified atom stereocenters. The summed E-state index contributed by atoms with van der Waals surface area (Å²) in [5.74, 6) is -4.42.